The van der Waals surface area contributed by atoms with Crippen molar-refractivity contribution < 1.29 is 28.9 Å². The Bertz CT molecular complexity index is 1330. The van der Waals surface area contributed by atoms with Crippen molar-refractivity contribution in [3.8, 4) is 17.2 Å². The van der Waals surface area contributed by atoms with E-state index in [1.54, 1.807) is 36.4 Å². The van der Waals surface area contributed by atoms with Crippen molar-refractivity contribution in [2.24, 2.45) is 0 Å². The minimum atomic E-state index is -1.16. The molecule has 7 nitrogen and oxygen atoms in total. The molecule has 0 fully saturated rings. The monoisotopic (exact) mass is 443 g/mol. The fourth-order valence-corrected chi connectivity index (χ4v) is 3.51. The molecule has 1 heterocycles. The lowest BCUT2D eigenvalue weighted by Gasteiger charge is -2.15. The molecule has 0 saturated heterocycles. The van der Waals surface area contributed by atoms with Gasteiger partial charge in [0, 0.05) is 22.5 Å². The van der Waals surface area contributed by atoms with Crippen LogP contribution in [-0.2, 0) is 6.61 Å². The zero-order valence-electron chi connectivity index (χ0n) is 18.1. The molecule has 4 rings (SSSR count). The van der Waals surface area contributed by atoms with Crippen LogP contribution in [0.5, 0.6) is 17.2 Å². The van der Waals surface area contributed by atoms with Gasteiger partial charge in [-0.3, -0.25) is 9.78 Å². The number of pyridine rings is 1. The lowest BCUT2D eigenvalue weighted by atomic mass is 9.99. The Morgan fingerprint density at radius 1 is 0.879 bits per heavy atom. The van der Waals surface area contributed by atoms with Gasteiger partial charge in [0.15, 0.2) is 11.5 Å². The first kappa shape index (κ1) is 21.8. The van der Waals surface area contributed by atoms with Crippen molar-refractivity contribution >= 4 is 22.5 Å². The molecular weight excluding hydrogens is 422 g/mol. The van der Waals surface area contributed by atoms with E-state index in [4.69, 9.17) is 14.2 Å². The molecule has 0 spiro atoms. The van der Waals surface area contributed by atoms with E-state index in [1.165, 1.54) is 20.4 Å². The summed E-state index contributed by atoms with van der Waals surface area (Å²) in [5.74, 6) is -0.269. The van der Waals surface area contributed by atoms with Crippen molar-refractivity contribution in [3.05, 3.63) is 95.3 Å². The van der Waals surface area contributed by atoms with Gasteiger partial charge in [-0.2, -0.15) is 0 Å². The summed E-state index contributed by atoms with van der Waals surface area (Å²) in [6, 6.07) is 19.4. The third-order valence-corrected chi connectivity index (χ3v) is 5.19. The van der Waals surface area contributed by atoms with Crippen LogP contribution in [-0.4, -0.2) is 36.1 Å². The zero-order valence-corrected chi connectivity index (χ0v) is 18.1. The summed E-state index contributed by atoms with van der Waals surface area (Å²) in [5.41, 5.74) is 1.38. The number of carbonyl (C=O) groups excluding carboxylic acids is 1. The van der Waals surface area contributed by atoms with Gasteiger partial charge < -0.3 is 19.3 Å². The summed E-state index contributed by atoms with van der Waals surface area (Å²) < 4.78 is 16.6. The number of benzene rings is 3. The van der Waals surface area contributed by atoms with E-state index in [0.29, 0.717) is 33.6 Å². The lowest BCUT2D eigenvalue weighted by Crippen LogP contribution is -2.09. The zero-order chi connectivity index (χ0) is 23.4. The van der Waals surface area contributed by atoms with Crippen LogP contribution in [0.4, 0.5) is 0 Å². The average Bonchev–Trinajstić information content (AvgIpc) is 2.86. The first-order valence-electron chi connectivity index (χ1n) is 10.1. The predicted molar refractivity (Wildman–Crippen MR) is 122 cm³/mol. The summed E-state index contributed by atoms with van der Waals surface area (Å²) in [5, 5.41) is 10.4. The minimum Gasteiger partial charge on any atom is -0.497 e. The van der Waals surface area contributed by atoms with Gasteiger partial charge in [-0.15, -0.1) is 0 Å². The molecule has 0 unspecified atom stereocenters. The van der Waals surface area contributed by atoms with E-state index in [1.807, 2.05) is 30.3 Å². The number of hydrogen-bond acceptors (Lipinski definition) is 6. The average molecular weight is 443 g/mol. The van der Waals surface area contributed by atoms with E-state index in [0.717, 1.165) is 5.56 Å². The number of fused-ring (bicyclic) bond motifs is 1. The normalized spacial score (nSPS) is 10.6. The first-order valence-corrected chi connectivity index (χ1v) is 10.1. The number of aromatic nitrogens is 1. The van der Waals surface area contributed by atoms with Gasteiger partial charge in [0.05, 0.1) is 19.8 Å². The van der Waals surface area contributed by atoms with Crippen LogP contribution >= 0.6 is 0 Å². The third-order valence-electron chi connectivity index (χ3n) is 5.19. The largest absolute Gasteiger partial charge is 0.497 e. The van der Waals surface area contributed by atoms with Crippen molar-refractivity contribution in [1.82, 2.24) is 4.98 Å². The highest BCUT2D eigenvalue weighted by molar-refractivity contribution is 6.18. The molecular formula is C26H21NO6. The molecule has 3 aromatic carbocycles. The SMILES string of the molecule is COc1cccc(C(=O)c2ncc(C(=O)O)c3cc(OCc4ccccc4)c(OC)cc23)c1. The number of ether oxygens (including phenoxy) is 3. The standard InChI is InChI=1S/C26H21NO6/c1-31-18-10-6-9-17(11-18)25(28)24-20-13-22(32-2)23(33-15-16-7-4-3-5-8-16)12-19(20)21(14-27-24)26(29)30/h3-14H,15H2,1-2H3,(H,29,30). The molecule has 0 saturated carbocycles. The maximum absolute atomic E-state index is 13.3. The van der Waals surface area contributed by atoms with E-state index in [2.05, 4.69) is 4.98 Å². The van der Waals surface area contributed by atoms with Crippen LogP contribution in [0, 0.1) is 0 Å². The van der Waals surface area contributed by atoms with Gasteiger partial charge in [-0.25, -0.2) is 4.79 Å². The quantitative estimate of drug-likeness (QED) is 0.392. The predicted octanol–water partition coefficient (Wildman–Crippen LogP) is 4.76. The number of carbonyl (C=O) groups is 2. The van der Waals surface area contributed by atoms with Gasteiger partial charge in [-0.1, -0.05) is 42.5 Å². The van der Waals surface area contributed by atoms with Crippen molar-refractivity contribution in [2.75, 3.05) is 14.2 Å². The Labute approximate surface area is 190 Å². The van der Waals surface area contributed by atoms with Gasteiger partial charge in [-0.05, 0) is 29.8 Å². The molecule has 1 aromatic heterocycles. The summed E-state index contributed by atoms with van der Waals surface area (Å²) in [6.07, 6.45) is 1.19. The van der Waals surface area contributed by atoms with Crippen molar-refractivity contribution in [2.45, 2.75) is 6.61 Å². The molecule has 0 aliphatic heterocycles. The molecule has 0 bridgehead atoms. The van der Waals surface area contributed by atoms with E-state index < -0.39 is 5.97 Å². The van der Waals surface area contributed by atoms with Crippen LogP contribution in [0.1, 0.15) is 32.0 Å². The summed E-state index contributed by atoms with van der Waals surface area (Å²) in [6.45, 7) is 0.270. The number of aromatic carboxylic acids is 1. The molecule has 7 heteroatoms. The van der Waals surface area contributed by atoms with Gasteiger partial charge >= 0.3 is 5.97 Å². The number of hydrogen-bond donors (Lipinski definition) is 1. The van der Waals surface area contributed by atoms with Crippen LogP contribution in [0.2, 0.25) is 0 Å². The maximum Gasteiger partial charge on any atom is 0.337 e. The fourth-order valence-electron chi connectivity index (χ4n) is 3.51. The molecule has 33 heavy (non-hydrogen) atoms. The topological polar surface area (TPSA) is 95.0 Å². The number of methoxy groups -OCH3 is 2. The Hall–Kier alpha value is -4.39. The first-order chi connectivity index (χ1) is 16.0. The number of carboxylic acids is 1. The highest BCUT2D eigenvalue weighted by Gasteiger charge is 2.21. The molecule has 166 valence electrons. The maximum atomic E-state index is 13.3. The molecule has 0 atom stereocenters. The molecule has 1 N–H and O–H groups in total. The van der Waals surface area contributed by atoms with E-state index in [-0.39, 0.29) is 23.6 Å². The summed E-state index contributed by atoms with van der Waals surface area (Å²) >= 11 is 0. The molecule has 0 aliphatic rings. The van der Waals surface area contributed by atoms with Crippen molar-refractivity contribution in [1.29, 1.82) is 0 Å². The Morgan fingerprint density at radius 3 is 2.33 bits per heavy atom. The number of nitrogens with zero attached hydrogens (tertiary/aromatic N) is 1. The van der Waals surface area contributed by atoms with Gasteiger partial charge in [0.25, 0.3) is 0 Å². The molecule has 0 amide bonds. The number of carboxylic acid groups (broad SMARTS) is 1. The highest BCUT2D eigenvalue weighted by Crippen LogP contribution is 2.36. The Kier molecular flexibility index (Phi) is 6.22. The highest BCUT2D eigenvalue weighted by atomic mass is 16.5. The second-order valence-electron chi connectivity index (χ2n) is 7.21. The van der Waals surface area contributed by atoms with Crippen LogP contribution in [0.3, 0.4) is 0 Å². The minimum absolute atomic E-state index is 0.0422. The number of ketones is 1. The Balaban J connectivity index is 1.83. The second kappa shape index (κ2) is 9.40. The molecule has 0 radical (unpaired) electrons. The smallest absolute Gasteiger partial charge is 0.337 e. The van der Waals surface area contributed by atoms with Gasteiger partial charge in [0.1, 0.15) is 18.1 Å². The van der Waals surface area contributed by atoms with Crippen molar-refractivity contribution in [3.63, 3.8) is 0 Å². The second-order valence-corrected chi connectivity index (χ2v) is 7.21. The number of rotatable bonds is 8. The van der Waals surface area contributed by atoms with Crippen LogP contribution in [0.15, 0.2) is 72.9 Å². The fraction of sp³-hybridized carbons (Fsp3) is 0.115. The van der Waals surface area contributed by atoms with E-state index >= 15 is 0 Å². The third kappa shape index (κ3) is 4.48. The molecule has 4 aromatic rings. The van der Waals surface area contributed by atoms with Gasteiger partial charge in [0.2, 0.25) is 5.78 Å². The van der Waals surface area contributed by atoms with Crippen LogP contribution < -0.4 is 14.2 Å². The van der Waals surface area contributed by atoms with Crippen LogP contribution in [0.25, 0.3) is 10.8 Å². The summed E-state index contributed by atoms with van der Waals surface area (Å²) in [4.78, 5) is 29.3. The lowest BCUT2D eigenvalue weighted by molar-refractivity contribution is 0.0698. The summed E-state index contributed by atoms with van der Waals surface area (Å²) in [7, 11) is 3.00. The Morgan fingerprint density at radius 2 is 1.64 bits per heavy atom. The van der Waals surface area contributed by atoms with E-state index in [9.17, 15) is 14.7 Å². The molecule has 0 aliphatic carbocycles.